The molecule has 2 fully saturated rings. The van der Waals surface area contributed by atoms with Crippen LogP contribution in [0.4, 0.5) is 4.79 Å². The van der Waals surface area contributed by atoms with Crippen molar-refractivity contribution in [1.29, 1.82) is 0 Å². The van der Waals surface area contributed by atoms with Crippen molar-refractivity contribution >= 4 is 6.09 Å². The average molecular weight is 312 g/mol. The minimum Gasteiger partial charge on any atom is -0.444 e. The normalized spacial score (nSPS) is 23.4. The van der Waals surface area contributed by atoms with E-state index >= 15 is 0 Å². The molecule has 0 aromatic rings. The molecule has 1 aliphatic carbocycles. The first-order valence-electron chi connectivity index (χ1n) is 8.73. The van der Waals surface area contributed by atoms with E-state index in [0.717, 1.165) is 19.6 Å². The Morgan fingerprint density at radius 1 is 1.14 bits per heavy atom. The molecular formula is C17H32N2O3. The van der Waals surface area contributed by atoms with Crippen molar-refractivity contribution in [3.8, 4) is 0 Å². The Morgan fingerprint density at radius 3 is 2.27 bits per heavy atom. The van der Waals surface area contributed by atoms with Gasteiger partial charge in [0, 0.05) is 32.7 Å². The third-order valence-electron chi connectivity index (χ3n) is 4.66. The van der Waals surface area contributed by atoms with Gasteiger partial charge in [0.15, 0.2) is 0 Å². The van der Waals surface area contributed by atoms with Crippen molar-refractivity contribution in [3.63, 3.8) is 0 Å². The minimum absolute atomic E-state index is 0.214. The molecule has 1 aliphatic heterocycles. The third kappa shape index (κ3) is 5.43. The molecule has 0 spiro atoms. The number of hydrogen-bond donors (Lipinski definition) is 1. The smallest absolute Gasteiger partial charge is 0.410 e. The summed E-state index contributed by atoms with van der Waals surface area (Å²) in [7, 11) is 0. The highest BCUT2D eigenvalue weighted by molar-refractivity contribution is 5.68. The average Bonchev–Trinajstić information content (AvgIpc) is 2.47. The lowest BCUT2D eigenvalue weighted by atomic mass is 9.85. The number of aliphatic hydroxyl groups excluding tert-OH is 1. The lowest BCUT2D eigenvalue weighted by Gasteiger charge is -2.37. The Labute approximate surface area is 134 Å². The van der Waals surface area contributed by atoms with E-state index in [1.54, 1.807) is 4.90 Å². The molecule has 5 nitrogen and oxygen atoms in total. The number of carbonyl (C=O) groups is 1. The zero-order valence-corrected chi connectivity index (χ0v) is 14.4. The Hall–Kier alpha value is -0.810. The highest BCUT2D eigenvalue weighted by atomic mass is 16.6. The molecule has 0 radical (unpaired) electrons. The summed E-state index contributed by atoms with van der Waals surface area (Å²) in [6.07, 6.45) is 5.73. The van der Waals surface area contributed by atoms with Crippen LogP contribution in [0.3, 0.4) is 0 Å². The van der Waals surface area contributed by atoms with Crippen LogP contribution < -0.4 is 0 Å². The number of nitrogens with zero attached hydrogens (tertiary/aromatic N) is 2. The maximum atomic E-state index is 12.0. The lowest BCUT2D eigenvalue weighted by Crippen LogP contribution is -2.52. The SMILES string of the molecule is CC(C)(C)OC(=O)N1CCN(CC(O)C2CCCCC2)CC1. The summed E-state index contributed by atoms with van der Waals surface area (Å²) in [5.74, 6) is 0.470. The highest BCUT2D eigenvalue weighted by Crippen LogP contribution is 2.27. The van der Waals surface area contributed by atoms with Crippen LogP contribution in [0.5, 0.6) is 0 Å². The molecule has 1 N–H and O–H groups in total. The van der Waals surface area contributed by atoms with E-state index < -0.39 is 5.60 Å². The van der Waals surface area contributed by atoms with Gasteiger partial charge in [0.2, 0.25) is 0 Å². The van der Waals surface area contributed by atoms with Crippen LogP contribution in [0.1, 0.15) is 52.9 Å². The second kappa shape index (κ2) is 7.64. The zero-order valence-electron chi connectivity index (χ0n) is 14.4. The quantitative estimate of drug-likeness (QED) is 0.870. The van der Waals surface area contributed by atoms with Crippen LogP contribution in [0.2, 0.25) is 0 Å². The van der Waals surface area contributed by atoms with Gasteiger partial charge in [0.05, 0.1) is 6.10 Å². The van der Waals surface area contributed by atoms with Crippen LogP contribution in [0.25, 0.3) is 0 Å². The summed E-state index contributed by atoms with van der Waals surface area (Å²) in [6, 6.07) is 0. The molecule has 1 unspecified atom stereocenters. The van der Waals surface area contributed by atoms with E-state index in [1.807, 2.05) is 20.8 Å². The van der Waals surface area contributed by atoms with E-state index in [4.69, 9.17) is 4.74 Å². The molecule has 2 aliphatic rings. The number of aliphatic hydroxyl groups is 1. The molecular weight excluding hydrogens is 280 g/mol. The maximum absolute atomic E-state index is 12.0. The number of rotatable bonds is 3. The van der Waals surface area contributed by atoms with Crippen molar-refractivity contribution in [2.24, 2.45) is 5.92 Å². The predicted octanol–water partition coefficient (Wildman–Crippen LogP) is 2.48. The fraction of sp³-hybridized carbons (Fsp3) is 0.941. The Kier molecular flexibility index (Phi) is 6.09. The molecule has 0 bridgehead atoms. The van der Waals surface area contributed by atoms with Gasteiger partial charge in [-0.25, -0.2) is 4.79 Å². The molecule has 5 heteroatoms. The van der Waals surface area contributed by atoms with E-state index in [-0.39, 0.29) is 12.2 Å². The summed E-state index contributed by atoms with van der Waals surface area (Å²) in [4.78, 5) is 16.1. The second-order valence-corrected chi connectivity index (χ2v) is 7.73. The Bertz CT molecular complexity index is 353. The van der Waals surface area contributed by atoms with Crippen molar-refractivity contribution < 1.29 is 14.6 Å². The minimum atomic E-state index is -0.439. The molecule has 128 valence electrons. The summed E-state index contributed by atoms with van der Waals surface area (Å²) < 4.78 is 5.41. The second-order valence-electron chi connectivity index (χ2n) is 7.73. The van der Waals surface area contributed by atoms with Gasteiger partial charge in [0.25, 0.3) is 0 Å². The first kappa shape index (κ1) is 17.5. The summed E-state index contributed by atoms with van der Waals surface area (Å²) >= 11 is 0. The molecule has 0 aromatic carbocycles. The number of carbonyl (C=O) groups excluding carboxylic acids is 1. The molecule has 2 rings (SSSR count). The number of amides is 1. The maximum Gasteiger partial charge on any atom is 0.410 e. The summed E-state index contributed by atoms with van der Waals surface area (Å²) in [5, 5.41) is 10.4. The van der Waals surface area contributed by atoms with E-state index in [9.17, 15) is 9.90 Å². The summed E-state index contributed by atoms with van der Waals surface area (Å²) in [6.45, 7) is 9.43. The van der Waals surface area contributed by atoms with E-state index in [2.05, 4.69) is 4.90 Å². The molecule has 1 atom stereocenters. The Morgan fingerprint density at radius 2 is 1.73 bits per heavy atom. The molecule has 1 saturated heterocycles. The monoisotopic (exact) mass is 312 g/mol. The largest absolute Gasteiger partial charge is 0.444 e. The van der Waals surface area contributed by atoms with Gasteiger partial charge in [-0.05, 0) is 39.5 Å². The number of β-amino-alcohol motifs (C(OH)–C–C–N with tert-alkyl or cyclic N) is 1. The van der Waals surface area contributed by atoms with Gasteiger partial charge in [-0.15, -0.1) is 0 Å². The van der Waals surface area contributed by atoms with Crippen LogP contribution in [-0.2, 0) is 4.74 Å². The van der Waals surface area contributed by atoms with Gasteiger partial charge in [-0.2, -0.15) is 0 Å². The van der Waals surface area contributed by atoms with Crippen molar-refractivity contribution in [3.05, 3.63) is 0 Å². The van der Waals surface area contributed by atoms with Crippen LogP contribution in [0.15, 0.2) is 0 Å². The number of piperazine rings is 1. The van der Waals surface area contributed by atoms with E-state index in [0.29, 0.717) is 19.0 Å². The molecule has 1 saturated carbocycles. The number of ether oxygens (including phenoxy) is 1. The zero-order chi connectivity index (χ0) is 16.2. The molecule has 1 heterocycles. The first-order valence-corrected chi connectivity index (χ1v) is 8.73. The van der Waals surface area contributed by atoms with Gasteiger partial charge in [-0.3, -0.25) is 4.90 Å². The van der Waals surface area contributed by atoms with Crippen molar-refractivity contribution in [2.45, 2.75) is 64.6 Å². The van der Waals surface area contributed by atoms with Gasteiger partial charge < -0.3 is 14.7 Å². The van der Waals surface area contributed by atoms with Gasteiger partial charge >= 0.3 is 6.09 Å². The molecule has 22 heavy (non-hydrogen) atoms. The Balaban J connectivity index is 1.71. The van der Waals surface area contributed by atoms with Crippen molar-refractivity contribution in [1.82, 2.24) is 9.80 Å². The van der Waals surface area contributed by atoms with E-state index in [1.165, 1.54) is 32.1 Å². The van der Waals surface area contributed by atoms with Crippen molar-refractivity contribution in [2.75, 3.05) is 32.7 Å². The fourth-order valence-corrected chi connectivity index (χ4v) is 3.37. The lowest BCUT2D eigenvalue weighted by molar-refractivity contribution is 0.00322. The van der Waals surface area contributed by atoms with Gasteiger partial charge in [-0.1, -0.05) is 19.3 Å². The first-order chi connectivity index (χ1) is 10.3. The standard InChI is InChI=1S/C17H32N2O3/c1-17(2,3)22-16(21)19-11-9-18(10-12-19)13-15(20)14-7-5-4-6-8-14/h14-15,20H,4-13H2,1-3H3. The fourth-order valence-electron chi connectivity index (χ4n) is 3.37. The summed E-state index contributed by atoms with van der Waals surface area (Å²) in [5.41, 5.74) is -0.439. The number of hydrogen-bond acceptors (Lipinski definition) is 4. The van der Waals surface area contributed by atoms with Crippen LogP contribution in [0, 0.1) is 5.92 Å². The van der Waals surface area contributed by atoms with Gasteiger partial charge in [0.1, 0.15) is 5.60 Å². The van der Waals surface area contributed by atoms with Crippen LogP contribution in [-0.4, -0.2) is 65.4 Å². The third-order valence-corrected chi connectivity index (χ3v) is 4.66. The molecule has 1 amide bonds. The predicted molar refractivity (Wildman–Crippen MR) is 86.8 cm³/mol. The highest BCUT2D eigenvalue weighted by Gasteiger charge is 2.28. The van der Waals surface area contributed by atoms with Crippen LogP contribution >= 0.6 is 0 Å². The molecule has 0 aromatic heterocycles. The topological polar surface area (TPSA) is 53.0 Å².